The van der Waals surface area contributed by atoms with E-state index in [9.17, 15) is 4.79 Å². The Kier molecular flexibility index (Phi) is 5.91. The Labute approximate surface area is 141 Å². The summed E-state index contributed by atoms with van der Waals surface area (Å²) in [6.07, 6.45) is 3.47. The second-order valence-corrected chi connectivity index (χ2v) is 5.77. The molecule has 0 bridgehead atoms. The van der Waals surface area contributed by atoms with Gasteiger partial charge in [0.05, 0.1) is 5.69 Å². The van der Waals surface area contributed by atoms with Crippen LogP contribution in [0.1, 0.15) is 24.5 Å². The Morgan fingerprint density at radius 3 is 2.77 bits per heavy atom. The lowest BCUT2D eigenvalue weighted by Crippen LogP contribution is -2.23. The van der Waals surface area contributed by atoms with Gasteiger partial charge < -0.3 is 5.32 Å². The minimum atomic E-state index is -0.165. The van der Waals surface area contributed by atoms with E-state index in [1.54, 1.807) is 6.07 Å². The molecule has 0 saturated carbocycles. The third-order valence-corrected chi connectivity index (χ3v) is 4.06. The number of fused-ring (bicyclic) bond motifs is 1. The van der Waals surface area contributed by atoms with E-state index in [0.717, 1.165) is 37.2 Å². The smallest absolute Gasteiger partial charge is 0.264 e. The van der Waals surface area contributed by atoms with Gasteiger partial charge in [0.25, 0.3) is 5.56 Å². The minimum absolute atomic E-state index is 0. The van der Waals surface area contributed by atoms with Crippen LogP contribution < -0.4 is 10.9 Å². The van der Waals surface area contributed by atoms with Gasteiger partial charge in [0.2, 0.25) is 0 Å². The van der Waals surface area contributed by atoms with Gasteiger partial charge in [0, 0.05) is 11.6 Å². The molecule has 118 valence electrons. The highest BCUT2D eigenvalue weighted by atomic mass is 79.9. The van der Waals surface area contributed by atoms with Gasteiger partial charge in [-0.15, -0.1) is 17.0 Å². The van der Waals surface area contributed by atoms with Gasteiger partial charge in [-0.25, -0.2) is 5.10 Å². The van der Waals surface area contributed by atoms with E-state index >= 15 is 0 Å². The van der Waals surface area contributed by atoms with Gasteiger partial charge in [-0.3, -0.25) is 4.79 Å². The van der Waals surface area contributed by atoms with E-state index in [4.69, 9.17) is 0 Å². The highest BCUT2D eigenvalue weighted by molar-refractivity contribution is 8.93. The number of benzene rings is 1. The van der Waals surface area contributed by atoms with Gasteiger partial charge in [-0.05, 0) is 61.5 Å². The number of nitrogens with zero attached hydrogens (tertiary/aromatic N) is 1. The molecule has 1 aromatic heterocycles. The molecule has 2 aromatic rings. The molecule has 0 amide bonds. The quantitative estimate of drug-likeness (QED) is 0.803. The zero-order valence-corrected chi connectivity index (χ0v) is 14.5. The lowest BCUT2D eigenvalue weighted by molar-refractivity contribution is 0.498. The molecular formula is C17H22BrN3O. The summed E-state index contributed by atoms with van der Waals surface area (Å²) in [5, 5.41) is 10.1. The topological polar surface area (TPSA) is 57.8 Å². The number of rotatable bonds is 5. The third-order valence-electron chi connectivity index (χ3n) is 4.06. The molecule has 2 N–H and O–H groups in total. The van der Waals surface area contributed by atoms with E-state index < -0.39 is 0 Å². The van der Waals surface area contributed by atoms with Crippen molar-refractivity contribution in [2.24, 2.45) is 5.92 Å². The normalized spacial score (nSPS) is 16.1. The standard InChI is InChI=1S/C17H21N3O.BrH/c1-2-7-18-11-12-8-13-3-4-14(10-15(13)9-12)16-5-6-17(21)20-19-16;/h3-6,10,12,18H,2,7-9,11H2,1H3,(H,20,21);1H. The number of hydrogen-bond donors (Lipinski definition) is 2. The minimum Gasteiger partial charge on any atom is -0.316 e. The largest absolute Gasteiger partial charge is 0.316 e. The molecule has 1 aliphatic rings. The lowest BCUT2D eigenvalue weighted by atomic mass is 10.0. The maximum Gasteiger partial charge on any atom is 0.264 e. The first-order valence-corrected chi connectivity index (χ1v) is 7.65. The first-order valence-electron chi connectivity index (χ1n) is 7.65. The van der Waals surface area contributed by atoms with Crippen molar-refractivity contribution in [3.8, 4) is 11.3 Å². The van der Waals surface area contributed by atoms with Crippen molar-refractivity contribution in [2.75, 3.05) is 13.1 Å². The third kappa shape index (κ3) is 3.84. The number of hydrogen-bond acceptors (Lipinski definition) is 3. The summed E-state index contributed by atoms with van der Waals surface area (Å²) in [7, 11) is 0. The van der Waals surface area contributed by atoms with Crippen molar-refractivity contribution in [3.05, 3.63) is 51.8 Å². The number of H-pyrrole nitrogens is 1. The summed E-state index contributed by atoms with van der Waals surface area (Å²) in [5.41, 5.74) is 4.61. The summed E-state index contributed by atoms with van der Waals surface area (Å²) in [5.74, 6) is 0.699. The highest BCUT2D eigenvalue weighted by Gasteiger charge is 2.21. The number of halogens is 1. The van der Waals surface area contributed by atoms with Crippen LogP contribution in [-0.4, -0.2) is 23.3 Å². The Bertz CT molecular complexity index is 663. The number of nitrogens with one attached hydrogen (secondary N) is 2. The zero-order chi connectivity index (χ0) is 14.7. The van der Waals surface area contributed by atoms with Gasteiger partial charge in [-0.2, -0.15) is 5.10 Å². The first-order chi connectivity index (χ1) is 10.3. The molecule has 0 saturated heterocycles. The van der Waals surface area contributed by atoms with Crippen molar-refractivity contribution in [1.29, 1.82) is 0 Å². The molecule has 1 atom stereocenters. The zero-order valence-electron chi connectivity index (χ0n) is 12.8. The van der Waals surface area contributed by atoms with Crippen molar-refractivity contribution in [3.63, 3.8) is 0 Å². The molecule has 4 nitrogen and oxygen atoms in total. The number of aromatic nitrogens is 2. The van der Waals surface area contributed by atoms with Gasteiger partial charge in [0.15, 0.2) is 0 Å². The Morgan fingerprint density at radius 1 is 1.23 bits per heavy atom. The van der Waals surface area contributed by atoms with Gasteiger partial charge in [0.1, 0.15) is 0 Å². The summed E-state index contributed by atoms with van der Waals surface area (Å²) >= 11 is 0. The Morgan fingerprint density at radius 2 is 2.05 bits per heavy atom. The monoisotopic (exact) mass is 363 g/mol. The highest BCUT2D eigenvalue weighted by Crippen LogP contribution is 2.29. The fourth-order valence-electron chi connectivity index (χ4n) is 3.00. The maximum atomic E-state index is 11.1. The molecule has 0 fully saturated rings. The van der Waals surface area contributed by atoms with Crippen molar-refractivity contribution in [1.82, 2.24) is 15.5 Å². The van der Waals surface area contributed by atoms with Gasteiger partial charge >= 0.3 is 0 Å². The molecule has 0 aliphatic heterocycles. The Hall–Kier alpha value is -1.46. The molecule has 22 heavy (non-hydrogen) atoms. The molecule has 0 spiro atoms. The predicted molar refractivity (Wildman–Crippen MR) is 94.7 cm³/mol. The van der Waals surface area contributed by atoms with Crippen LogP contribution in [0.2, 0.25) is 0 Å². The van der Waals surface area contributed by atoms with E-state index in [1.807, 2.05) is 0 Å². The van der Waals surface area contributed by atoms with Crippen LogP contribution in [0.4, 0.5) is 0 Å². The molecule has 3 rings (SSSR count). The lowest BCUT2D eigenvalue weighted by Gasteiger charge is -2.09. The fraction of sp³-hybridized carbons (Fsp3) is 0.412. The van der Waals surface area contributed by atoms with Crippen molar-refractivity contribution < 1.29 is 0 Å². The summed E-state index contributed by atoms with van der Waals surface area (Å²) < 4.78 is 0. The SMILES string of the molecule is Br.CCCNCC1Cc2ccc(-c3ccc(=O)[nH]n3)cc2C1. The second-order valence-electron chi connectivity index (χ2n) is 5.77. The van der Waals surface area contributed by atoms with Crippen LogP contribution in [0.15, 0.2) is 35.1 Å². The van der Waals surface area contributed by atoms with Crippen molar-refractivity contribution in [2.45, 2.75) is 26.2 Å². The van der Waals surface area contributed by atoms with Crippen LogP contribution in [0, 0.1) is 5.92 Å². The average Bonchev–Trinajstić information content (AvgIpc) is 2.90. The predicted octanol–water partition coefficient (Wildman–Crippen LogP) is 2.73. The molecular weight excluding hydrogens is 342 g/mol. The van der Waals surface area contributed by atoms with E-state index in [2.05, 4.69) is 40.6 Å². The molecule has 1 aliphatic carbocycles. The summed E-state index contributed by atoms with van der Waals surface area (Å²) in [6, 6.07) is 9.82. The fourth-order valence-corrected chi connectivity index (χ4v) is 3.00. The maximum absolute atomic E-state index is 11.1. The van der Waals surface area contributed by atoms with Crippen LogP contribution in [0.3, 0.4) is 0 Å². The second kappa shape index (κ2) is 7.70. The Balaban J connectivity index is 0.00000176. The van der Waals surface area contributed by atoms with E-state index in [-0.39, 0.29) is 22.5 Å². The summed E-state index contributed by atoms with van der Waals surface area (Å²) in [6.45, 7) is 4.38. The molecule has 5 heteroatoms. The van der Waals surface area contributed by atoms with E-state index in [1.165, 1.54) is 23.6 Å². The average molecular weight is 364 g/mol. The molecule has 0 radical (unpaired) electrons. The van der Waals surface area contributed by atoms with Crippen LogP contribution >= 0.6 is 17.0 Å². The summed E-state index contributed by atoms with van der Waals surface area (Å²) in [4.78, 5) is 11.1. The van der Waals surface area contributed by atoms with Crippen molar-refractivity contribution >= 4 is 17.0 Å². The van der Waals surface area contributed by atoms with E-state index in [0.29, 0.717) is 5.92 Å². The molecule has 1 unspecified atom stereocenters. The van der Waals surface area contributed by atoms with Crippen LogP contribution in [0.25, 0.3) is 11.3 Å². The molecule has 1 aromatic carbocycles. The van der Waals surface area contributed by atoms with Crippen LogP contribution in [-0.2, 0) is 12.8 Å². The number of aromatic amines is 1. The first kappa shape index (κ1) is 16.9. The van der Waals surface area contributed by atoms with Crippen LogP contribution in [0.5, 0.6) is 0 Å². The molecule has 1 heterocycles. The van der Waals surface area contributed by atoms with Gasteiger partial charge in [-0.1, -0.05) is 19.1 Å².